The lowest BCUT2D eigenvalue weighted by Gasteiger charge is -2.58. The van der Waals surface area contributed by atoms with Crippen LogP contribution in [-0.4, -0.2) is 39.1 Å². The van der Waals surface area contributed by atoms with Gasteiger partial charge in [-0.25, -0.2) is 13.6 Å². The highest BCUT2D eigenvalue weighted by molar-refractivity contribution is 7.89. The van der Waals surface area contributed by atoms with Crippen molar-refractivity contribution in [2.75, 3.05) is 18.6 Å². The zero-order valence-electron chi connectivity index (χ0n) is 15.6. The molecule has 146 valence electrons. The summed E-state index contributed by atoms with van der Waals surface area (Å²) in [7, 11) is -2.19. The van der Waals surface area contributed by atoms with E-state index in [-0.39, 0.29) is 28.1 Å². The third-order valence-electron chi connectivity index (χ3n) is 5.75. The molecule has 0 bridgehead atoms. The number of hydrogen-bond acceptors (Lipinski definition) is 6. The van der Waals surface area contributed by atoms with Gasteiger partial charge in [0, 0.05) is 31.2 Å². The molecule has 26 heavy (non-hydrogen) atoms. The van der Waals surface area contributed by atoms with Crippen LogP contribution < -0.4 is 10.0 Å². The molecule has 1 aromatic rings. The van der Waals surface area contributed by atoms with E-state index < -0.39 is 14.9 Å². The quantitative estimate of drug-likeness (QED) is 0.543. The first-order valence-electron chi connectivity index (χ1n) is 8.78. The van der Waals surface area contributed by atoms with Crippen LogP contribution in [0.1, 0.15) is 40.0 Å². The molecule has 1 aliphatic carbocycles. The van der Waals surface area contributed by atoms with Crippen LogP contribution >= 0.6 is 0 Å². The van der Waals surface area contributed by atoms with Crippen LogP contribution in [0.15, 0.2) is 23.1 Å². The van der Waals surface area contributed by atoms with Crippen molar-refractivity contribution in [1.82, 2.24) is 0 Å². The van der Waals surface area contributed by atoms with Gasteiger partial charge in [-0.3, -0.25) is 10.1 Å². The summed E-state index contributed by atoms with van der Waals surface area (Å²) in [5.74, 6) is 0. The Morgan fingerprint density at radius 2 is 1.96 bits per heavy atom. The molecule has 2 rings (SSSR count). The van der Waals surface area contributed by atoms with Gasteiger partial charge in [0.25, 0.3) is 5.69 Å². The largest absolute Gasteiger partial charge is 0.378 e. The van der Waals surface area contributed by atoms with Gasteiger partial charge in [0.1, 0.15) is 5.69 Å². The summed E-state index contributed by atoms with van der Waals surface area (Å²) in [5, 5.41) is 16.6. The number of hydrogen-bond donors (Lipinski definition) is 1. The molecule has 9 heteroatoms. The van der Waals surface area contributed by atoms with Crippen molar-refractivity contribution in [3.05, 3.63) is 28.3 Å². The van der Waals surface area contributed by atoms with Crippen LogP contribution in [0.5, 0.6) is 0 Å². The fourth-order valence-corrected chi connectivity index (χ4v) is 4.71. The maximum absolute atomic E-state index is 11.5. The molecule has 0 saturated heterocycles. The molecule has 1 aromatic carbocycles. The number of primary sulfonamides is 1. The zero-order valence-corrected chi connectivity index (χ0v) is 16.5. The number of sulfonamides is 1. The lowest BCUT2D eigenvalue weighted by atomic mass is 9.58. The van der Waals surface area contributed by atoms with E-state index in [9.17, 15) is 18.5 Å². The van der Waals surface area contributed by atoms with Crippen LogP contribution in [0.2, 0.25) is 0 Å². The summed E-state index contributed by atoms with van der Waals surface area (Å²) < 4.78 is 28.9. The number of nitrogens with two attached hydrogens (primary N) is 1. The predicted molar refractivity (Wildman–Crippen MR) is 99.7 cm³/mol. The van der Waals surface area contributed by atoms with Crippen molar-refractivity contribution in [2.24, 2.45) is 10.6 Å². The zero-order chi connectivity index (χ0) is 19.7. The molecule has 0 spiro atoms. The minimum atomic E-state index is -4.00. The van der Waals surface area contributed by atoms with Gasteiger partial charge in [0.05, 0.1) is 15.9 Å². The minimum Gasteiger partial charge on any atom is -0.378 e. The average Bonchev–Trinajstić information content (AvgIpc) is 2.57. The molecule has 1 saturated carbocycles. The van der Waals surface area contributed by atoms with E-state index in [2.05, 4.69) is 13.8 Å². The molecule has 0 amide bonds. The Kier molecular flexibility index (Phi) is 5.94. The van der Waals surface area contributed by atoms with E-state index >= 15 is 0 Å². The lowest BCUT2D eigenvalue weighted by Crippen LogP contribution is -2.64. The number of benzene rings is 1. The summed E-state index contributed by atoms with van der Waals surface area (Å²) in [6, 6.07) is 3.88. The van der Waals surface area contributed by atoms with Gasteiger partial charge >= 0.3 is 0 Å². The van der Waals surface area contributed by atoms with Crippen molar-refractivity contribution in [3.63, 3.8) is 0 Å². The van der Waals surface area contributed by atoms with Gasteiger partial charge in [0.15, 0.2) is 0 Å². The number of ether oxygens (including phenoxy) is 1. The number of nitrogens with zero attached hydrogens (tertiary/aromatic N) is 2. The lowest BCUT2D eigenvalue weighted by molar-refractivity contribution is -0.384. The summed E-state index contributed by atoms with van der Waals surface area (Å²) in [6.07, 6.45) is 2.69. The van der Waals surface area contributed by atoms with Crippen molar-refractivity contribution >= 4 is 21.4 Å². The first-order valence-corrected chi connectivity index (χ1v) is 10.3. The minimum absolute atomic E-state index is 0.0769. The summed E-state index contributed by atoms with van der Waals surface area (Å²) >= 11 is 0. The molecule has 0 aliphatic heterocycles. The number of anilines is 1. The van der Waals surface area contributed by atoms with Gasteiger partial charge in [-0.05, 0) is 38.3 Å². The fraction of sp³-hybridized carbons (Fsp3) is 0.647. The van der Waals surface area contributed by atoms with Crippen molar-refractivity contribution in [2.45, 2.75) is 57.1 Å². The molecule has 1 aliphatic rings. The van der Waals surface area contributed by atoms with E-state index in [0.29, 0.717) is 12.3 Å². The Bertz CT molecular complexity index is 777. The molecule has 2 N–H and O–H groups in total. The van der Waals surface area contributed by atoms with Crippen molar-refractivity contribution in [1.29, 1.82) is 0 Å². The number of rotatable bonds is 8. The number of nitro benzene ring substituents is 1. The van der Waals surface area contributed by atoms with Crippen LogP contribution in [0.25, 0.3) is 0 Å². The third-order valence-corrected chi connectivity index (χ3v) is 6.66. The van der Waals surface area contributed by atoms with Crippen LogP contribution in [-0.2, 0) is 14.8 Å². The third kappa shape index (κ3) is 3.43. The Hall–Kier alpha value is -1.71. The summed E-state index contributed by atoms with van der Waals surface area (Å²) in [6.45, 7) is 6.80. The summed E-state index contributed by atoms with van der Waals surface area (Å²) in [5.41, 5.74) is 0.0330. The first-order chi connectivity index (χ1) is 12.1. The highest BCUT2D eigenvalue weighted by Crippen LogP contribution is 2.52. The second kappa shape index (κ2) is 7.50. The molecule has 1 fully saturated rings. The smallest absolute Gasteiger partial charge is 0.293 e. The molecule has 8 nitrogen and oxygen atoms in total. The van der Waals surface area contributed by atoms with E-state index in [1.807, 2.05) is 18.9 Å². The van der Waals surface area contributed by atoms with Gasteiger partial charge in [-0.1, -0.05) is 13.8 Å². The molecular weight excluding hydrogens is 358 g/mol. The van der Waals surface area contributed by atoms with Crippen molar-refractivity contribution < 1.29 is 18.1 Å². The van der Waals surface area contributed by atoms with Crippen LogP contribution in [0, 0.1) is 15.5 Å². The molecule has 0 radical (unpaired) electrons. The average molecular weight is 385 g/mol. The standard InChI is InChI=1S/C17H27N3O5S/c1-5-17(6-2)15(11-16(17)25-7-3)19(4)13-9-8-12(26(18,23)24)10-14(13)20(21)22/h8-10,15-16H,5-7,11H2,1-4H3,(H2,18,23,24)/t15-,16-/m1/s1. The molecular formula is C17H27N3O5S. The normalized spacial score (nSPS) is 21.9. The predicted octanol–water partition coefficient (Wildman–Crippen LogP) is 2.66. The highest BCUT2D eigenvalue weighted by Gasteiger charge is 2.55. The maximum atomic E-state index is 11.5. The van der Waals surface area contributed by atoms with Crippen LogP contribution in [0.3, 0.4) is 0 Å². The van der Waals surface area contributed by atoms with Crippen molar-refractivity contribution in [3.8, 4) is 0 Å². The van der Waals surface area contributed by atoms with E-state index in [4.69, 9.17) is 9.88 Å². The fourth-order valence-electron chi connectivity index (χ4n) is 4.17. The van der Waals surface area contributed by atoms with E-state index in [0.717, 1.165) is 25.3 Å². The highest BCUT2D eigenvalue weighted by atomic mass is 32.2. The SMILES string of the molecule is CCO[C@@H]1C[C@@H](N(C)c2ccc(S(N)(=O)=O)cc2[N+](=O)[O-])C1(CC)CC. The van der Waals surface area contributed by atoms with Gasteiger partial charge in [-0.2, -0.15) is 0 Å². The van der Waals surface area contributed by atoms with Gasteiger partial charge in [0.2, 0.25) is 10.0 Å². The molecule has 0 unspecified atom stereocenters. The molecule has 0 heterocycles. The number of nitro groups is 1. The Morgan fingerprint density at radius 1 is 1.35 bits per heavy atom. The molecule has 2 atom stereocenters. The van der Waals surface area contributed by atoms with Crippen LogP contribution in [0.4, 0.5) is 11.4 Å². The van der Waals surface area contributed by atoms with Gasteiger partial charge < -0.3 is 9.64 Å². The van der Waals surface area contributed by atoms with E-state index in [1.54, 1.807) is 0 Å². The molecule has 0 aromatic heterocycles. The second-order valence-corrected chi connectivity index (χ2v) is 8.26. The maximum Gasteiger partial charge on any atom is 0.293 e. The van der Waals surface area contributed by atoms with E-state index in [1.165, 1.54) is 12.1 Å². The Balaban J connectivity index is 2.43. The Labute approximate surface area is 154 Å². The van der Waals surface area contributed by atoms with Gasteiger partial charge in [-0.15, -0.1) is 0 Å². The summed E-state index contributed by atoms with van der Waals surface area (Å²) in [4.78, 5) is 12.6. The monoisotopic (exact) mass is 385 g/mol. The Morgan fingerprint density at radius 3 is 2.42 bits per heavy atom. The topological polar surface area (TPSA) is 116 Å². The first kappa shape index (κ1) is 20.6. The second-order valence-electron chi connectivity index (χ2n) is 6.70.